The quantitative estimate of drug-likeness (QED) is 0.856. The van der Waals surface area contributed by atoms with E-state index in [1.54, 1.807) is 12.1 Å². The minimum absolute atomic E-state index is 0.214. The molecule has 0 saturated carbocycles. The van der Waals surface area contributed by atoms with Gasteiger partial charge in [-0.05, 0) is 19.1 Å². The normalized spacial score (nSPS) is 16.7. The first-order valence-electron chi connectivity index (χ1n) is 5.07. The molecule has 0 spiro atoms. The summed E-state index contributed by atoms with van der Waals surface area (Å²) in [4.78, 5) is 0. The molecule has 0 N–H and O–H groups in total. The molecular weight excluding hydrogens is 279 g/mol. The van der Waals surface area contributed by atoms with Crippen molar-refractivity contribution in [2.24, 2.45) is 0 Å². The maximum atomic E-state index is 14.0. The summed E-state index contributed by atoms with van der Waals surface area (Å²) in [6, 6.07) is 3.24. The Labute approximate surface area is 102 Å². The van der Waals surface area contributed by atoms with Crippen LogP contribution < -0.4 is 4.74 Å². The average Bonchev–Trinajstić information content (AvgIpc) is 2.76. The Kier molecular flexibility index (Phi) is 3.78. The Bertz CT molecular complexity index is 378. The summed E-state index contributed by atoms with van der Waals surface area (Å²) >= 11 is 3.31. The van der Waals surface area contributed by atoms with Crippen LogP contribution >= 0.6 is 15.9 Å². The van der Waals surface area contributed by atoms with E-state index >= 15 is 0 Å². The van der Waals surface area contributed by atoms with Crippen LogP contribution in [0.5, 0.6) is 5.75 Å². The van der Waals surface area contributed by atoms with Gasteiger partial charge in [-0.15, -0.1) is 0 Å². The molecule has 0 amide bonds. The van der Waals surface area contributed by atoms with Crippen LogP contribution in [0.1, 0.15) is 18.8 Å². The van der Waals surface area contributed by atoms with Crippen LogP contribution in [0.15, 0.2) is 16.6 Å². The molecule has 0 aliphatic carbocycles. The van der Waals surface area contributed by atoms with E-state index in [0.29, 0.717) is 25.4 Å². The Morgan fingerprint density at radius 3 is 2.75 bits per heavy atom. The summed E-state index contributed by atoms with van der Waals surface area (Å²) in [5.41, 5.74) is 0.371. The second-order valence-corrected chi connectivity index (χ2v) is 4.23. The molecule has 1 aromatic rings. The molecule has 1 aromatic carbocycles. The van der Waals surface area contributed by atoms with Gasteiger partial charge in [0.25, 0.3) is 0 Å². The predicted octanol–water partition coefficient (Wildman–Crippen LogP) is 3.03. The molecule has 5 heteroatoms. The number of hydrogen-bond acceptors (Lipinski definition) is 3. The highest BCUT2D eigenvalue weighted by Crippen LogP contribution is 2.33. The van der Waals surface area contributed by atoms with Crippen molar-refractivity contribution in [2.75, 3.05) is 19.8 Å². The second-order valence-electron chi connectivity index (χ2n) is 3.31. The molecule has 1 aliphatic rings. The lowest BCUT2D eigenvalue weighted by atomic mass is 10.2. The SMILES string of the molecule is CCOc1cc(Br)cc(C2OCCO2)c1F. The first kappa shape index (κ1) is 11.8. The molecule has 0 atom stereocenters. The molecule has 0 unspecified atom stereocenters. The van der Waals surface area contributed by atoms with Gasteiger partial charge in [0.15, 0.2) is 17.9 Å². The van der Waals surface area contributed by atoms with Gasteiger partial charge in [-0.25, -0.2) is 4.39 Å². The average molecular weight is 291 g/mol. The van der Waals surface area contributed by atoms with Gasteiger partial charge in [0, 0.05) is 10.0 Å². The van der Waals surface area contributed by atoms with E-state index < -0.39 is 12.1 Å². The van der Waals surface area contributed by atoms with Gasteiger partial charge in [0.05, 0.1) is 19.8 Å². The zero-order valence-corrected chi connectivity index (χ0v) is 10.4. The van der Waals surface area contributed by atoms with E-state index in [9.17, 15) is 4.39 Å². The fourth-order valence-electron chi connectivity index (χ4n) is 1.55. The monoisotopic (exact) mass is 290 g/mol. The topological polar surface area (TPSA) is 27.7 Å². The van der Waals surface area contributed by atoms with Crippen molar-refractivity contribution in [3.8, 4) is 5.75 Å². The Hall–Kier alpha value is -0.650. The largest absolute Gasteiger partial charge is 0.491 e. The van der Waals surface area contributed by atoms with Crippen molar-refractivity contribution >= 4 is 15.9 Å². The highest BCUT2D eigenvalue weighted by atomic mass is 79.9. The standard InChI is InChI=1S/C11H12BrFO3/c1-2-14-9-6-7(12)5-8(10(9)13)11-15-3-4-16-11/h5-6,11H,2-4H2,1H3. The van der Waals surface area contributed by atoms with Crippen LogP contribution in [0.2, 0.25) is 0 Å². The van der Waals surface area contributed by atoms with Gasteiger partial charge < -0.3 is 14.2 Å². The minimum atomic E-state index is -0.628. The van der Waals surface area contributed by atoms with Crippen LogP contribution in [-0.2, 0) is 9.47 Å². The van der Waals surface area contributed by atoms with Crippen molar-refractivity contribution in [3.05, 3.63) is 28.0 Å². The molecule has 1 aliphatic heterocycles. The summed E-state index contributed by atoms with van der Waals surface area (Å²) < 4.78 is 30.5. The lowest BCUT2D eigenvalue weighted by molar-refractivity contribution is -0.0467. The first-order chi connectivity index (χ1) is 7.72. The van der Waals surface area contributed by atoms with Gasteiger partial charge in [-0.3, -0.25) is 0 Å². The van der Waals surface area contributed by atoms with E-state index in [-0.39, 0.29) is 5.75 Å². The zero-order valence-electron chi connectivity index (χ0n) is 8.83. The van der Waals surface area contributed by atoms with Crippen LogP contribution in [0.4, 0.5) is 4.39 Å². The zero-order chi connectivity index (χ0) is 11.5. The maximum absolute atomic E-state index is 14.0. The smallest absolute Gasteiger partial charge is 0.187 e. The fraction of sp³-hybridized carbons (Fsp3) is 0.455. The molecule has 16 heavy (non-hydrogen) atoms. The summed E-state index contributed by atoms with van der Waals surface area (Å²) in [7, 11) is 0. The van der Waals surface area contributed by atoms with Gasteiger partial charge in [0.2, 0.25) is 0 Å². The van der Waals surface area contributed by atoms with Crippen LogP contribution in [0.3, 0.4) is 0 Å². The Morgan fingerprint density at radius 1 is 1.44 bits per heavy atom. The van der Waals surface area contributed by atoms with Crippen molar-refractivity contribution in [2.45, 2.75) is 13.2 Å². The van der Waals surface area contributed by atoms with Gasteiger partial charge >= 0.3 is 0 Å². The van der Waals surface area contributed by atoms with Crippen LogP contribution in [0.25, 0.3) is 0 Å². The van der Waals surface area contributed by atoms with Crippen LogP contribution in [-0.4, -0.2) is 19.8 Å². The van der Waals surface area contributed by atoms with Gasteiger partial charge in [0.1, 0.15) is 0 Å². The number of benzene rings is 1. The van der Waals surface area contributed by atoms with Crippen molar-refractivity contribution in [1.29, 1.82) is 0 Å². The van der Waals surface area contributed by atoms with E-state index in [0.717, 1.165) is 4.47 Å². The summed E-state index contributed by atoms with van der Waals surface area (Å²) in [6.07, 6.45) is -0.628. The lowest BCUT2D eigenvalue weighted by Gasteiger charge is -2.14. The van der Waals surface area contributed by atoms with Crippen molar-refractivity contribution in [3.63, 3.8) is 0 Å². The van der Waals surface area contributed by atoms with Crippen LogP contribution in [0, 0.1) is 5.82 Å². The number of ether oxygens (including phenoxy) is 3. The van der Waals surface area contributed by atoms with E-state index in [4.69, 9.17) is 14.2 Å². The minimum Gasteiger partial charge on any atom is -0.491 e. The van der Waals surface area contributed by atoms with E-state index in [1.165, 1.54) is 0 Å². The molecule has 88 valence electrons. The highest BCUT2D eigenvalue weighted by molar-refractivity contribution is 9.10. The molecule has 3 nitrogen and oxygen atoms in total. The summed E-state index contributed by atoms with van der Waals surface area (Å²) in [6.45, 7) is 3.20. The number of hydrogen-bond donors (Lipinski definition) is 0. The van der Waals surface area contributed by atoms with Gasteiger partial charge in [-0.1, -0.05) is 15.9 Å². The lowest BCUT2D eigenvalue weighted by Crippen LogP contribution is -2.04. The second kappa shape index (κ2) is 5.12. The molecular formula is C11H12BrFO3. The fourth-order valence-corrected chi connectivity index (χ4v) is 2.01. The van der Waals surface area contributed by atoms with E-state index in [2.05, 4.69) is 15.9 Å². The molecule has 1 heterocycles. The van der Waals surface area contributed by atoms with Gasteiger partial charge in [-0.2, -0.15) is 0 Å². The third-order valence-electron chi connectivity index (χ3n) is 2.21. The predicted molar refractivity (Wildman–Crippen MR) is 59.9 cm³/mol. The molecule has 1 fully saturated rings. The molecule has 2 rings (SSSR count). The summed E-state index contributed by atoms with van der Waals surface area (Å²) in [5, 5.41) is 0. The molecule has 0 bridgehead atoms. The molecule has 0 aromatic heterocycles. The van der Waals surface area contributed by atoms with Crippen molar-refractivity contribution in [1.82, 2.24) is 0 Å². The third kappa shape index (κ3) is 2.36. The number of rotatable bonds is 3. The summed E-state index contributed by atoms with van der Waals surface area (Å²) in [5.74, 6) is -0.206. The van der Waals surface area contributed by atoms with E-state index in [1.807, 2.05) is 6.92 Å². The number of halogens is 2. The maximum Gasteiger partial charge on any atom is 0.187 e. The first-order valence-corrected chi connectivity index (χ1v) is 5.86. The highest BCUT2D eigenvalue weighted by Gasteiger charge is 2.24. The molecule has 0 radical (unpaired) electrons. The Morgan fingerprint density at radius 2 is 2.12 bits per heavy atom. The molecule has 1 saturated heterocycles. The Balaban J connectivity index is 2.35. The van der Waals surface area contributed by atoms with Crippen molar-refractivity contribution < 1.29 is 18.6 Å². The third-order valence-corrected chi connectivity index (χ3v) is 2.67.